The van der Waals surface area contributed by atoms with Gasteiger partial charge < -0.3 is 35.3 Å². The molecule has 1 fully saturated rings. The summed E-state index contributed by atoms with van der Waals surface area (Å²) in [6, 6.07) is 3.98. The Kier molecular flexibility index (Phi) is 12.2. The van der Waals surface area contributed by atoms with Crippen LogP contribution in [-0.4, -0.2) is 99.1 Å². The van der Waals surface area contributed by atoms with Gasteiger partial charge in [0.1, 0.15) is 36.2 Å². The number of benzene rings is 1. The zero-order valence-electron chi connectivity index (χ0n) is 28.0. The quantitative estimate of drug-likeness (QED) is 0.285. The van der Waals surface area contributed by atoms with Crippen LogP contribution in [0.5, 0.6) is 0 Å². The van der Waals surface area contributed by atoms with E-state index in [1.54, 1.807) is 39.5 Å². The van der Waals surface area contributed by atoms with Gasteiger partial charge in [0.05, 0.1) is 18.8 Å². The van der Waals surface area contributed by atoms with Gasteiger partial charge in [0.2, 0.25) is 17.7 Å². The average molecular weight is 664 g/mol. The molecular formula is C34H45N7O7. The molecule has 48 heavy (non-hydrogen) atoms. The lowest BCUT2D eigenvalue weighted by atomic mass is 9.98. The summed E-state index contributed by atoms with van der Waals surface area (Å²) in [6.45, 7) is 9.54. The number of amides is 5. The van der Waals surface area contributed by atoms with Gasteiger partial charge in [-0.05, 0) is 35.8 Å². The molecule has 14 nitrogen and oxygen atoms in total. The Labute approximate surface area is 280 Å². The molecule has 5 atom stereocenters. The molecule has 3 heterocycles. The number of hydrogen-bond acceptors (Lipinski definition) is 9. The molecule has 2 aliphatic rings. The van der Waals surface area contributed by atoms with Crippen LogP contribution in [0.1, 0.15) is 69.1 Å². The molecule has 1 aromatic heterocycles. The third kappa shape index (κ3) is 8.72. The van der Waals surface area contributed by atoms with Crippen LogP contribution in [0.4, 0.5) is 4.79 Å². The summed E-state index contributed by atoms with van der Waals surface area (Å²) >= 11 is 0. The first-order chi connectivity index (χ1) is 22.9. The van der Waals surface area contributed by atoms with Crippen LogP contribution in [0.3, 0.4) is 0 Å². The number of aromatic nitrogens is 2. The molecule has 0 radical (unpaired) electrons. The molecule has 2 aromatic rings. The van der Waals surface area contributed by atoms with Gasteiger partial charge in [-0.1, -0.05) is 58.9 Å². The molecular weight excluding hydrogens is 618 g/mol. The Bertz CT molecular complexity index is 1490. The van der Waals surface area contributed by atoms with E-state index in [9.17, 15) is 28.8 Å². The fourth-order valence-corrected chi connectivity index (χ4v) is 5.86. The van der Waals surface area contributed by atoms with E-state index in [1.807, 2.05) is 24.3 Å². The van der Waals surface area contributed by atoms with E-state index >= 15 is 0 Å². The third-order valence-corrected chi connectivity index (χ3v) is 8.70. The molecule has 1 saturated heterocycles. The van der Waals surface area contributed by atoms with E-state index in [4.69, 9.17) is 4.74 Å². The highest BCUT2D eigenvalue weighted by Gasteiger charge is 2.45. The minimum atomic E-state index is -1.08. The predicted molar refractivity (Wildman–Crippen MR) is 174 cm³/mol. The van der Waals surface area contributed by atoms with Gasteiger partial charge >= 0.3 is 6.09 Å². The zero-order valence-corrected chi connectivity index (χ0v) is 28.0. The van der Waals surface area contributed by atoms with Crippen LogP contribution in [0.2, 0.25) is 0 Å². The van der Waals surface area contributed by atoms with Crippen molar-refractivity contribution in [3.63, 3.8) is 0 Å². The Morgan fingerprint density at radius 1 is 0.979 bits per heavy atom. The number of fused-ring (bicyclic) bond motifs is 1. The summed E-state index contributed by atoms with van der Waals surface area (Å²) < 4.78 is 5.86. The minimum Gasteiger partial charge on any atom is -0.444 e. The van der Waals surface area contributed by atoms with Crippen molar-refractivity contribution >= 4 is 36.0 Å². The van der Waals surface area contributed by atoms with Crippen LogP contribution in [0, 0.1) is 11.8 Å². The monoisotopic (exact) mass is 663 g/mol. The molecule has 3 N–H and O–H groups in total. The highest BCUT2D eigenvalue weighted by molar-refractivity contribution is 5.98. The van der Waals surface area contributed by atoms with Gasteiger partial charge in [-0.25, -0.2) is 9.78 Å². The summed E-state index contributed by atoms with van der Waals surface area (Å²) in [7, 11) is 0. The Morgan fingerprint density at radius 3 is 2.31 bits per heavy atom. The molecule has 14 heteroatoms. The topological polar surface area (TPSA) is 180 Å². The molecule has 0 saturated carbocycles. The second-order valence-corrected chi connectivity index (χ2v) is 12.9. The molecule has 0 spiro atoms. The first kappa shape index (κ1) is 36.0. The zero-order chi connectivity index (χ0) is 35.0. The van der Waals surface area contributed by atoms with Crippen LogP contribution in [-0.2, 0) is 36.9 Å². The van der Waals surface area contributed by atoms with Crippen molar-refractivity contribution in [1.82, 2.24) is 35.7 Å². The van der Waals surface area contributed by atoms with Crippen molar-refractivity contribution in [2.24, 2.45) is 11.8 Å². The van der Waals surface area contributed by atoms with Gasteiger partial charge in [-0.3, -0.25) is 24.2 Å². The molecule has 1 aromatic carbocycles. The summed E-state index contributed by atoms with van der Waals surface area (Å²) in [5.74, 6) is -3.05. The first-order valence-electron chi connectivity index (χ1n) is 16.4. The van der Waals surface area contributed by atoms with Gasteiger partial charge in [0.15, 0.2) is 0 Å². The summed E-state index contributed by atoms with van der Waals surface area (Å²) in [4.78, 5) is 89.6. The van der Waals surface area contributed by atoms with Gasteiger partial charge in [0.25, 0.3) is 5.91 Å². The predicted octanol–water partition coefficient (Wildman–Crippen LogP) is 1.63. The lowest BCUT2D eigenvalue weighted by Gasteiger charge is -2.32. The van der Waals surface area contributed by atoms with Gasteiger partial charge in [-0.2, -0.15) is 0 Å². The summed E-state index contributed by atoms with van der Waals surface area (Å²) in [5.41, 5.74) is 2.24. The second kappa shape index (κ2) is 16.3. The molecule has 258 valence electrons. The van der Waals surface area contributed by atoms with E-state index in [0.717, 1.165) is 5.56 Å². The number of rotatable bonds is 12. The fourth-order valence-electron chi connectivity index (χ4n) is 5.86. The Hall–Kier alpha value is -4.88. The van der Waals surface area contributed by atoms with E-state index < -0.39 is 65.9 Å². The largest absolute Gasteiger partial charge is 0.444 e. The van der Waals surface area contributed by atoms with Crippen molar-refractivity contribution in [2.75, 3.05) is 13.1 Å². The highest BCUT2D eigenvalue weighted by Crippen LogP contribution is 2.26. The number of hydrogen-bond donors (Lipinski definition) is 3. The SMILES string of the molecule is CCC(C=O)NC(=O)[C@@H]1C[C@@H](OC(=O)N2CCc3ccccc3C2)CN1C(=O)[C@H](NC(=O)[C@H](NC(=O)c1cnccn1)C(C)C)C(C)C. The van der Waals surface area contributed by atoms with Crippen LogP contribution < -0.4 is 16.0 Å². The van der Waals surface area contributed by atoms with Crippen molar-refractivity contribution in [3.05, 3.63) is 59.7 Å². The molecule has 5 amide bonds. The smallest absolute Gasteiger partial charge is 0.410 e. The molecule has 2 aliphatic heterocycles. The summed E-state index contributed by atoms with van der Waals surface area (Å²) in [6.07, 6.45) is 4.41. The maximum Gasteiger partial charge on any atom is 0.410 e. The van der Waals surface area contributed by atoms with E-state index in [2.05, 4.69) is 25.9 Å². The Balaban J connectivity index is 1.50. The standard InChI is InChI=1S/C34H45N7O7/c1-6-24(19-42)37-31(44)27-15-25(48-34(47)40-14-11-22-9-7-8-10-23(22)17-40)18-41(27)33(46)29(21(4)5)39-32(45)28(20(2)3)38-30(43)26-16-35-12-13-36-26/h7-10,12-13,16,19-21,24-25,27-29H,6,11,14-15,17-18H2,1-5H3,(H,37,44)(H,38,43)(H,39,45)/t24?,25-,27+,28-,29-/m1/s1. The maximum atomic E-state index is 14.2. The normalized spacial score (nSPS) is 19.1. The number of ether oxygens (including phenoxy) is 1. The lowest BCUT2D eigenvalue weighted by molar-refractivity contribution is -0.143. The highest BCUT2D eigenvalue weighted by atomic mass is 16.6. The molecule has 4 rings (SSSR count). The molecule has 0 bridgehead atoms. The molecule has 0 aliphatic carbocycles. The van der Waals surface area contributed by atoms with Gasteiger partial charge in [0, 0.05) is 31.9 Å². The van der Waals surface area contributed by atoms with Crippen molar-refractivity contribution in [3.8, 4) is 0 Å². The first-order valence-corrected chi connectivity index (χ1v) is 16.4. The Morgan fingerprint density at radius 2 is 1.69 bits per heavy atom. The number of nitrogens with one attached hydrogen (secondary N) is 3. The van der Waals surface area contributed by atoms with Crippen LogP contribution >= 0.6 is 0 Å². The number of carbonyl (C=O) groups is 6. The lowest BCUT2D eigenvalue weighted by Crippen LogP contribution is -2.59. The number of likely N-dealkylation sites (tertiary alicyclic amines) is 1. The van der Waals surface area contributed by atoms with Crippen LogP contribution in [0.25, 0.3) is 0 Å². The summed E-state index contributed by atoms with van der Waals surface area (Å²) in [5, 5.41) is 8.13. The maximum absolute atomic E-state index is 14.2. The third-order valence-electron chi connectivity index (χ3n) is 8.70. The van der Waals surface area contributed by atoms with Crippen molar-refractivity contribution < 1.29 is 33.5 Å². The van der Waals surface area contributed by atoms with Crippen LogP contribution in [0.15, 0.2) is 42.9 Å². The number of aldehydes is 1. The number of nitrogens with zero attached hydrogens (tertiary/aromatic N) is 4. The van der Waals surface area contributed by atoms with E-state index in [1.165, 1.54) is 29.1 Å². The molecule has 1 unspecified atom stereocenters. The average Bonchev–Trinajstić information content (AvgIpc) is 3.51. The second-order valence-electron chi connectivity index (χ2n) is 12.9. The van der Waals surface area contributed by atoms with E-state index in [-0.39, 0.29) is 24.6 Å². The fraction of sp³-hybridized carbons (Fsp3) is 0.529. The minimum absolute atomic E-state index is 0.0184. The van der Waals surface area contributed by atoms with Crippen molar-refractivity contribution in [2.45, 2.75) is 90.7 Å². The van der Waals surface area contributed by atoms with Crippen molar-refractivity contribution in [1.29, 1.82) is 0 Å². The van der Waals surface area contributed by atoms with Gasteiger partial charge in [-0.15, -0.1) is 0 Å². The number of carbonyl (C=O) groups excluding carboxylic acids is 6. The van der Waals surface area contributed by atoms with E-state index in [0.29, 0.717) is 32.2 Å².